The summed E-state index contributed by atoms with van der Waals surface area (Å²) in [5, 5.41) is 0. The zero-order valence-corrected chi connectivity index (χ0v) is 22.7. The van der Waals surface area contributed by atoms with Crippen molar-refractivity contribution < 1.29 is 8.85 Å². The van der Waals surface area contributed by atoms with Crippen LogP contribution in [0.3, 0.4) is 0 Å². The van der Waals surface area contributed by atoms with Gasteiger partial charge in [-0.05, 0) is 45.7 Å². The molecule has 0 aliphatic rings. The molecule has 170 valence electrons. The molecule has 0 saturated heterocycles. The normalized spacial score (nSPS) is 13.8. The standard InChI is InChI=1S/C24H54O2Si2/c1-8-9-10-11-12-13-14-15-16-17-18-19-20-21-22-24(26-28(5,6)7)23-25-27(2,3)4/h24H,8-23H2,1-7H3. The van der Waals surface area contributed by atoms with E-state index in [9.17, 15) is 0 Å². The Kier molecular flexibility index (Phi) is 17.3. The molecule has 2 nitrogen and oxygen atoms in total. The fraction of sp³-hybridized carbons (Fsp3) is 1.00. The fourth-order valence-electron chi connectivity index (χ4n) is 3.59. The van der Waals surface area contributed by atoms with E-state index in [2.05, 4.69) is 46.2 Å². The molecule has 0 aliphatic heterocycles. The van der Waals surface area contributed by atoms with E-state index in [0.29, 0.717) is 6.10 Å². The Morgan fingerprint density at radius 1 is 0.536 bits per heavy atom. The van der Waals surface area contributed by atoms with Crippen molar-refractivity contribution in [2.45, 2.75) is 149 Å². The summed E-state index contributed by atoms with van der Waals surface area (Å²) in [7, 11) is -2.94. The highest BCUT2D eigenvalue weighted by Gasteiger charge is 2.23. The van der Waals surface area contributed by atoms with Crippen LogP contribution >= 0.6 is 0 Å². The van der Waals surface area contributed by atoms with E-state index in [1.165, 1.54) is 96.3 Å². The highest BCUT2D eigenvalue weighted by molar-refractivity contribution is 6.70. The molecule has 0 spiro atoms. The highest BCUT2D eigenvalue weighted by Crippen LogP contribution is 2.18. The van der Waals surface area contributed by atoms with Crippen LogP contribution in [-0.2, 0) is 8.85 Å². The molecule has 0 fully saturated rings. The second-order valence-corrected chi connectivity index (χ2v) is 19.6. The second-order valence-electron chi connectivity index (χ2n) is 10.7. The molecule has 0 rings (SSSR count). The van der Waals surface area contributed by atoms with Gasteiger partial charge in [-0.15, -0.1) is 0 Å². The number of rotatable bonds is 20. The quantitative estimate of drug-likeness (QED) is 0.142. The minimum absolute atomic E-state index is 0.315. The average Bonchev–Trinajstić information content (AvgIpc) is 2.58. The first-order chi connectivity index (χ1) is 13.1. The first kappa shape index (κ1) is 28.4. The van der Waals surface area contributed by atoms with Crippen LogP contribution in [0.5, 0.6) is 0 Å². The Balaban J connectivity index is 3.61. The molecule has 0 saturated carbocycles. The van der Waals surface area contributed by atoms with E-state index in [1.807, 2.05) is 0 Å². The predicted octanol–water partition coefficient (Wildman–Crippen LogP) is 8.93. The summed E-state index contributed by atoms with van der Waals surface area (Å²) >= 11 is 0. The zero-order chi connectivity index (χ0) is 21.3. The van der Waals surface area contributed by atoms with E-state index in [1.54, 1.807) is 0 Å². The summed E-state index contributed by atoms with van der Waals surface area (Å²) in [5.74, 6) is 0. The van der Waals surface area contributed by atoms with E-state index in [4.69, 9.17) is 8.85 Å². The molecule has 0 aromatic rings. The van der Waals surface area contributed by atoms with Crippen molar-refractivity contribution in [1.82, 2.24) is 0 Å². The molecule has 4 heteroatoms. The molecule has 1 atom stereocenters. The lowest BCUT2D eigenvalue weighted by molar-refractivity contribution is 0.109. The number of hydrogen-bond acceptors (Lipinski definition) is 2. The zero-order valence-electron chi connectivity index (χ0n) is 20.7. The average molecular weight is 431 g/mol. The van der Waals surface area contributed by atoms with Crippen molar-refractivity contribution in [1.29, 1.82) is 0 Å². The monoisotopic (exact) mass is 430 g/mol. The van der Waals surface area contributed by atoms with Gasteiger partial charge in [-0.3, -0.25) is 0 Å². The molecule has 0 N–H and O–H groups in total. The summed E-state index contributed by atoms with van der Waals surface area (Å²) in [5.41, 5.74) is 0. The molecule has 0 radical (unpaired) electrons. The fourth-order valence-corrected chi connectivity index (χ4v) is 5.46. The molecule has 0 bridgehead atoms. The topological polar surface area (TPSA) is 18.5 Å². The second kappa shape index (κ2) is 17.1. The minimum atomic E-state index is -1.49. The number of unbranched alkanes of at least 4 members (excludes halogenated alkanes) is 13. The van der Waals surface area contributed by atoms with Gasteiger partial charge in [-0.1, -0.05) is 96.8 Å². The molecular formula is C24H54O2Si2. The van der Waals surface area contributed by atoms with Gasteiger partial charge in [-0.25, -0.2) is 0 Å². The Morgan fingerprint density at radius 3 is 1.29 bits per heavy atom. The number of hydrogen-bond donors (Lipinski definition) is 0. The smallest absolute Gasteiger partial charge is 0.184 e. The van der Waals surface area contributed by atoms with Gasteiger partial charge >= 0.3 is 0 Å². The molecule has 0 heterocycles. The van der Waals surface area contributed by atoms with Crippen LogP contribution in [0, 0.1) is 0 Å². The van der Waals surface area contributed by atoms with E-state index in [-0.39, 0.29) is 0 Å². The van der Waals surface area contributed by atoms with Crippen LogP contribution in [0.2, 0.25) is 39.3 Å². The lowest BCUT2D eigenvalue weighted by Crippen LogP contribution is -2.38. The maximum Gasteiger partial charge on any atom is 0.184 e. The summed E-state index contributed by atoms with van der Waals surface area (Å²) in [6.07, 6.45) is 21.4. The van der Waals surface area contributed by atoms with Crippen molar-refractivity contribution in [3.8, 4) is 0 Å². The van der Waals surface area contributed by atoms with Crippen molar-refractivity contribution in [2.24, 2.45) is 0 Å². The summed E-state index contributed by atoms with van der Waals surface area (Å²) < 4.78 is 12.5. The van der Waals surface area contributed by atoms with Crippen LogP contribution < -0.4 is 0 Å². The highest BCUT2D eigenvalue weighted by atomic mass is 28.4. The minimum Gasteiger partial charge on any atom is -0.415 e. The first-order valence-corrected chi connectivity index (χ1v) is 19.3. The summed E-state index contributed by atoms with van der Waals surface area (Å²) in [6, 6.07) is 0. The molecule has 0 aromatic carbocycles. The van der Waals surface area contributed by atoms with Crippen molar-refractivity contribution in [3.05, 3.63) is 0 Å². The maximum absolute atomic E-state index is 6.38. The SMILES string of the molecule is CCCCCCCCCCCCCCCCC(CO[Si](C)(C)C)O[Si](C)(C)C. The van der Waals surface area contributed by atoms with Crippen LogP contribution in [0.1, 0.15) is 103 Å². The first-order valence-electron chi connectivity index (χ1n) is 12.5. The largest absolute Gasteiger partial charge is 0.415 e. The van der Waals surface area contributed by atoms with E-state index < -0.39 is 16.6 Å². The molecule has 0 aliphatic carbocycles. The van der Waals surface area contributed by atoms with Crippen LogP contribution in [0.25, 0.3) is 0 Å². The molecule has 28 heavy (non-hydrogen) atoms. The third kappa shape index (κ3) is 22.6. The van der Waals surface area contributed by atoms with E-state index in [0.717, 1.165) is 6.61 Å². The third-order valence-electron chi connectivity index (χ3n) is 5.10. The van der Waals surface area contributed by atoms with Gasteiger partial charge in [-0.2, -0.15) is 0 Å². The van der Waals surface area contributed by atoms with Crippen molar-refractivity contribution >= 4 is 16.6 Å². The Bertz CT molecular complexity index is 334. The molecule has 0 aromatic heterocycles. The van der Waals surface area contributed by atoms with Gasteiger partial charge in [0.15, 0.2) is 16.6 Å². The van der Waals surface area contributed by atoms with Crippen LogP contribution in [-0.4, -0.2) is 29.3 Å². The van der Waals surface area contributed by atoms with Gasteiger partial charge in [0.1, 0.15) is 0 Å². The van der Waals surface area contributed by atoms with Gasteiger partial charge in [0, 0.05) is 0 Å². The van der Waals surface area contributed by atoms with Crippen molar-refractivity contribution in [2.75, 3.05) is 6.61 Å². The van der Waals surface area contributed by atoms with Gasteiger partial charge in [0.2, 0.25) is 0 Å². The third-order valence-corrected chi connectivity index (χ3v) is 7.18. The van der Waals surface area contributed by atoms with Gasteiger partial charge < -0.3 is 8.85 Å². The summed E-state index contributed by atoms with van der Waals surface area (Å²) in [6.45, 7) is 16.8. The van der Waals surface area contributed by atoms with Gasteiger partial charge in [0.05, 0.1) is 12.7 Å². The lowest BCUT2D eigenvalue weighted by atomic mass is 10.0. The Morgan fingerprint density at radius 2 is 0.929 bits per heavy atom. The van der Waals surface area contributed by atoms with Gasteiger partial charge in [0.25, 0.3) is 0 Å². The van der Waals surface area contributed by atoms with Crippen molar-refractivity contribution in [3.63, 3.8) is 0 Å². The molecular weight excluding hydrogens is 376 g/mol. The van der Waals surface area contributed by atoms with Crippen LogP contribution in [0.15, 0.2) is 0 Å². The summed E-state index contributed by atoms with van der Waals surface area (Å²) in [4.78, 5) is 0. The lowest BCUT2D eigenvalue weighted by Gasteiger charge is -2.29. The molecule has 1 unspecified atom stereocenters. The maximum atomic E-state index is 6.38. The Labute approximate surface area is 180 Å². The molecule has 0 amide bonds. The van der Waals surface area contributed by atoms with E-state index >= 15 is 0 Å². The van der Waals surface area contributed by atoms with Crippen LogP contribution in [0.4, 0.5) is 0 Å². The predicted molar refractivity (Wildman–Crippen MR) is 132 cm³/mol. The Hall–Kier alpha value is 0.354.